The average Bonchev–Trinajstić information content (AvgIpc) is 2.45. The summed E-state index contributed by atoms with van der Waals surface area (Å²) in [5.74, 6) is 0. The molecule has 0 fully saturated rings. The highest BCUT2D eigenvalue weighted by Crippen LogP contribution is 2.22. The van der Waals surface area contributed by atoms with Crippen LogP contribution >= 0.6 is 28.1 Å². The highest BCUT2D eigenvalue weighted by molar-refractivity contribution is 9.10. The maximum absolute atomic E-state index is 5.75. The number of aryl methyl sites for hydroxylation is 1. The van der Waals surface area contributed by atoms with Crippen molar-refractivity contribution in [3.8, 4) is 0 Å². The van der Waals surface area contributed by atoms with Crippen molar-refractivity contribution < 1.29 is 0 Å². The first kappa shape index (κ1) is 15.0. The summed E-state index contributed by atoms with van der Waals surface area (Å²) in [6, 6.07) is 14.5. The zero-order valence-electron chi connectivity index (χ0n) is 11.3. The fraction of sp³-hybridized carbons (Fsp3) is 0.188. The number of nitrogens with two attached hydrogens (primary N) is 1. The van der Waals surface area contributed by atoms with E-state index in [2.05, 4.69) is 52.4 Å². The zero-order chi connectivity index (χ0) is 14.5. The number of anilines is 1. The Hall–Kier alpha value is -1.39. The van der Waals surface area contributed by atoms with Crippen LogP contribution in [0.3, 0.4) is 0 Å². The highest BCUT2D eigenvalue weighted by Gasteiger charge is 2.05. The van der Waals surface area contributed by atoms with Gasteiger partial charge in [-0.25, -0.2) is 0 Å². The monoisotopic (exact) mass is 348 g/mol. The molecule has 0 spiro atoms. The Bertz CT molecular complexity index is 608. The summed E-state index contributed by atoms with van der Waals surface area (Å²) < 4.78 is 1.00. The van der Waals surface area contributed by atoms with Gasteiger partial charge in [-0.1, -0.05) is 59.3 Å². The molecule has 0 atom stereocenters. The van der Waals surface area contributed by atoms with Gasteiger partial charge in [-0.05, 0) is 35.7 Å². The number of hydrogen-bond acceptors (Lipinski definition) is 2. The van der Waals surface area contributed by atoms with Gasteiger partial charge in [0.15, 0.2) is 0 Å². The van der Waals surface area contributed by atoms with Crippen LogP contribution in [-0.4, -0.2) is 4.99 Å². The van der Waals surface area contributed by atoms with Crippen LogP contribution in [0.25, 0.3) is 0 Å². The van der Waals surface area contributed by atoms with Crippen LogP contribution in [0.5, 0.6) is 0 Å². The van der Waals surface area contributed by atoms with E-state index in [0.29, 0.717) is 4.99 Å². The van der Waals surface area contributed by atoms with E-state index in [4.69, 9.17) is 18.0 Å². The third-order valence-corrected chi connectivity index (χ3v) is 3.87. The third kappa shape index (κ3) is 3.81. The average molecular weight is 349 g/mol. The van der Waals surface area contributed by atoms with Crippen molar-refractivity contribution in [2.45, 2.75) is 19.9 Å². The minimum atomic E-state index is 0.404. The Balaban J connectivity index is 2.13. The van der Waals surface area contributed by atoms with Gasteiger partial charge in [-0.15, -0.1) is 0 Å². The molecule has 0 unspecified atom stereocenters. The van der Waals surface area contributed by atoms with E-state index < -0.39 is 0 Å². The number of thiocarbonyl (C=S) groups is 1. The number of rotatable bonds is 5. The van der Waals surface area contributed by atoms with Crippen molar-refractivity contribution >= 4 is 38.8 Å². The van der Waals surface area contributed by atoms with Crippen LogP contribution < -0.4 is 11.1 Å². The van der Waals surface area contributed by atoms with Gasteiger partial charge in [0.25, 0.3) is 0 Å². The van der Waals surface area contributed by atoms with Crippen LogP contribution in [0.1, 0.15) is 23.6 Å². The molecule has 3 N–H and O–H groups in total. The topological polar surface area (TPSA) is 38.0 Å². The molecule has 0 aromatic heterocycles. The molecule has 2 nitrogen and oxygen atoms in total. The van der Waals surface area contributed by atoms with E-state index in [1.165, 1.54) is 11.1 Å². The van der Waals surface area contributed by atoms with Gasteiger partial charge in [0.05, 0.1) is 0 Å². The summed E-state index contributed by atoms with van der Waals surface area (Å²) in [4.78, 5) is 0.404. The maximum atomic E-state index is 5.75. The SMILES string of the molecule is CCc1ccc(CNc2cc(Br)ccc2C(N)=S)cc1. The first-order valence-corrected chi connectivity index (χ1v) is 7.71. The predicted octanol–water partition coefficient (Wildman–Crippen LogP) is 4.26. The second-order valence-electron chi connectivity index (χ2n) is 4.58. The summed E-state index contributed by atoms with van der Waals surface area (Å²) in [5.41, 5.74) is 10.1. The van der Waals surface area contributed by atoms with Gasteiger partial charge in [-0.3, -0.25) is 0 Å². The molecule has 0 aliphatic heterocycles. The predicted molar refractivity (Wildman–Crippen MR) is 93.2 cm³/mol. The molecule has 2 rings (SSSR count). The van der Waals surface area contributed by atoms with Crippen LogP contribution in [0.4, 0.5) is 5.69 Å². The van der Waals surface area contributed by atoms with Gasteiger partial charge in [-0.2, -0.15) is 0 Å². The summed E-state index contributed by atoms with van der Waals surface area (Å²) in [5, 5.41) is 3.39. The fourth-order valence-corrected chi connectivity index (χ4v) is 2.51. The maximum Gasteiger partial charge on any atom is 0.106 e. The van der Waals surface area contributed by atoms with Crippen molar-refractivity contribution in [2.75, 3.05) is 5.32 Å². The van der Waals surface area contributed by atoms with Crippen molar-refractivity contribution in [1.82, 2.24) is 0 Å². The fourth-order valence-electron chi connectivity index (χ4n) is 1.97. The Morgan fingerprint density at radius 3 is 2.40 bits per heavy atom. The molecule has 0 amide bonds. The van der Waals surface area contributed by atoms with Crippen LogP contribution in [-0.2, 0) is 13.0 Å². The van der Waals surface area contributed by atoms with Crippen LogP contribution in [0.2, 0.25) is 0 Å². The van der Waals surface area contributed by atoms with Gasteiger partial charge in [0, 0.05) is 22.3 Å². The van der Waals surface area contributed by atoms with Crippen LogP contribution in [0, 0.1) is 0 Å². The van der Waals surface area contributed by atoms with Gasteiger partial charge >= 0.3 is 0 Å². The second-order valence-corrected chi connectivity index (χ2v) is 5.93. The molecular weight excluding hydrogens is 332 g/mol. The number of benzene rings is 2. The highest BCUT2D eigenvalue weighted by atomic mass is 79.9. The molecule has 2 aromatic rings. The van der Waals surface area contributed by atoms with Crippen molar-refractivity contribution in [3.63, 3.8) is 0 Å². The summed E-state index contributed by atoms with van der Waals surface area (Å²) in [6.07, 6.45) is 1.06. The Kier molecular flexibility index (Phi) is 5.15. The molecule has 0 bridgehead atoms. The molecular formula is C16H17BrN2S. The summed E-state index contributed by atoms with van der Waals surface area (Å²) >= 11 is 8.55. The van der Waals surface area contributed by atoms with Gasteiger partial charge in [0.1, 0.15) is 4.99 Å². The quantitative estimate of drug-likeness (QED) is 0.793. The molecule has 0 heterocycles. The zero-order valence-corrected chi connectivity index (χ0v) is 13.7. The van der Waals surface area contributed by atoms with Crippen molar-refractivity contribution in [2.24, 2.45) is 5.73 Å². The molecule has 0 aliphatic rings. The lowest BCUT2D eigenvalue weighted by Crippen LogP contribution is -2.13. The van der Waals surface area contributed by atoms with E-state index >= 15 is 0 Å². The van der Waals surface area contributed by atoms with E-state index in [1.54, 1.807) is 0 Å². The molecule has 0 radical (unpaired) electrons. The van der Waals surface area contributed by atoms with E-state index in [0.717, 1.165) is 28.7 Å². The molecule has 2 aromatic carbocycles. The lowest BCUT2D eigenvalue weighted by atomic mass is 10.1. The van der Waals surface area contributed by atoms with Gasteiger partial charge < -0.3 is 11.1 Å². The first-order chi connectivity index (χ1) is 9.60. The van der Waals surface area contributed by atoms with Crippen molar-refractivity contribution in [1.29, 1.82) is 0 Å². The van der Waals surface area contributed by atoms with E-state index in [9.17, 15) is 0 Å². The Labute approximate surface area is 133 Å². The Morgan fingerprint density at radius 1 is 1.15 bits per heavy atom. The molecule has 4 heteroatoms. The third-order valence-electron chi connectivity index (χ3n) is 3.16. The van der Waals surface area contributed by atoms with Crippen LogP contribution in [0.15, 0.2) is 46.9 Å². The molecule has 104 valence electrons. The number of hydrogen-bond donors (Lipinski definition) is 2. The summed E-state index contributed by atoms with van der Waals surface area (Å²) in [6.45, 7) is 2.90. The second kappa shape index (κ2) is 6.86. The minimum Gasteiger partial charge on any atom is -0.389 e. The van der Waals surface area contributed by atoms with Gasteiger partial charge in [0.2, 0.25) is 0 Å². The molecule has 0 aliphatic carbocycles. The largest absolute Gasteiger partial charge is 0.389 e. The Morgan fingerprint density at radius 2 is 1.80 bits per heavy atom. The summed E-state index contributed by atoms with van der Waals surface area (Å²) in [7, 11) is 0. The van der Waals surface area contributed by atoms with E-state index in [1.807, 2.05) is 18.2 Å². The lowest BCUT2D eigenvalue weighted by molar-refractivity contribution is 1.10. The number of nitrogens with one attached hydrogen (secondary N) is 1. The molecule has 0 saturated heterocycles. The minimum absolute atomic E-state index is 0.404. The normalized spacial score (nSPS) is 10.3. The lowest BCUT2D eigenvalue weighted by Gasteiger charge is -2.12. The first-order valence-electron chi connectivity index (χ1n) is 6.51. The molecule has 20 heavy (non-hydrogen) atoms. The smallest absolute Gasteiger partial charge is 0.106 e. The number of halogens is 1. The van der Waals surface area contributed by atoms with E-state index in [-0.39, 0.29) is 0 Å². The van der Waals surface area contributed by atoms with Crippen molar-refractivity contribution in [3.05, 3.63) is 63.6 Å². The molecule has 0 saturated carbocycles. The standard InChI is InChI=1S/C16H17BrN2S/c1-2-11-3-5-12(6-4-11)10-19-15-9-13(17)7-8-14(15)16(18)20/h3-9,19H,2,10H2,1H3,(H2,18,20).